The Morgan fingerprint density at radius 2 is 1.60 bits per heavy atom. The van der Waals surface area contributed by atoms with Gasteiger partial charge in [-0.2, -0.15) is 0 Å². The van der Waals surface area contributed by atoms with Gasteiger partial charge in [0.2, 0.25) is 0 Å². The quantitative estimate of drug-likeness (QED) is 0.265. The van der Waals surface area contributed by atoms with Crippen LogP contribution in [0, 0.1) is 0 Å². The third kappa shape index (κ3) is 7.43. The Hall–Kier alpha value is -3.02. The number of unbranched alkanes of at least 4 members (excludes halogenated alkanes) is 4. The van der Waals surface area contributed by atoms with Crippen LogP contribution in [0.4, 0.5) is 0 Å². The molecule has 3 N–H and O–H groups in total. The molecule has 2 rings (SSSR count). The molecule has 0 saturated carbocycles. The second kappa shape index (κ2) is 11.9. The number of aromatic hydroxyl groups is 3. The normalized spacial score (nSPS) is 10.7. The summed E-state index contributed by atoms with van der Waals surface area (Å²) in [6, 6.07) is 9.05. The van der Waals surface area contributed by atoms with E-state index in [0.717, 1.165) is 43.7 Å². The van der Waals surface area contributed by atoms with Crippen molar-refractivity contribution in [1.82, 2.24) is 0 Å². The van der Waals surface area contributed by atoms with E-state index in [0.29, 0.717) is 6.42 Å². The van der Waals surface area contributed by atoms with Crippen LogP contribution in [0.15, 0.2) is 36.4 Å². The Morgan fingerprint density at radius 1 is 0.900 bits per heavy atom. The molecule has 0 saturated heterocycles. The van der Waals surface area contributed by atoms with E-state index in [9.17, 15) is 24.9 Å². The van der Waals surface area contributed by atoms with Crippen LogP contribution in [-0.2, 0) is 22.4 Å². The van der Waals surface area contributed by atoms with Gasteiger partial charge in [0.25, 0.3) is 0 Å². The zero-order chi connectivity index (χ0) is 21.9. The van der Waals surface area contributed by atoms with Crippen LogP contribution >= 0.6 is 0 Å². The molecular weight excluding hydrogens is 384 g/mol. The monoisotopic (exact) mass is 414 g/mol. The van der Waals surface area contributed by atoms with Gasteiger partial charge in [0.05, 0.1) is 18.6 Å². The van der Waals surface area contributed by atoms with Crippen molar-refractivity contribution in [2.24, 2.45) is 0 Å². The van der Waals surface area contributed by atoms with E-state index >= 15 is 0 Å². The number of ether oxygens (including phenoxy) is 1. The van der Waals surface area contributed by atoms with Gasteiger partial charge in [0.1, 0.15) is 17.2 Å². The Morgan fingerprint density at radius 3 is 2.30 bits per heavy atom. The number of ketones is 1. The number of Topliss-reactive ketones (excluding diaryl/α,β-unsaturated/α-hetero) is 1. The molecule has 0 bridgehead atoms. The highest BCUT2D eigenvalue weighted by Crippen LogP contribution is 2.29. The summed E-state index contributed by atoms with van der Waals surface area (Å²) in [7, 11) is 0. The van der Waals surface area contributed by atoms with Crippen molar-refractivity contribution in [2.75, 3.05) is 6.61 Å². The predicted molar refractivity (Wildman–Crippen MR) is 114 cm³/mol. The van der Waals surface area contributed by atoms with Crippen LogP contribution < -0.4 is 0 Å². The summed E-state index contributed by atoms with van der Waals surface area (Å²) in [6.07, 6.45) is 5.51. The van der Waals surface area contributed by atoms with E-state index in [1.165, 1.54) is 6.07 Å². The van der Waals surface area contributed by atoms with Crippen LogP contribution in [0.25, 0.3) is 0 Å². The van der Waals surface area contributed by atoms with Gasteiger partial charge in [-0.15, -0.1) is 0 Å². The maximum Gasteiger partial charge on any atom is 0.310 e. The van der Waals surface area contributed by atoms with E-state index in [4.69, 9.17) is 4.74 Å². The molecule has 0 amide bonds. The first-order valence-corrected chi connectivity index (χ1v) is 10.4. The summed E-state index contributed by atoms with van der Waals surface area (Å²) in [5.41, 5.74) is 1.26. The predicted octanol–water partition coefficient (Wildman–Crippen LogP) is 4.68. The SMILES string of the molecule is CCCCCCCC(=O)c1c(O)cc(O)cc1CC(=O)OCCc1ccc(O)cc1. The number of hydrogen-bond acceptors (Lipinski definition) is 6. The molecule has 0 fully saturated rings. The standard InChI is InChI=1S/C24H30O6/c1-2-3-4-5-6-7-21(27)24-18(14-20(26)16-22(24)28)15-23(29)30-13-12-17-8-10-19(25)11-9-17/h8-11,14,16,25-26,28H,2-7,12-13,15H2,1H3. The molecule has 0 spiro atoms. The van der Waals surface area contributed by atoms with Gasteiger partial charge < -0.3 is 20.1 Å². The van der Waals surface area contributed by atoms with Crippen molar-refractivity contribution in [1.29, 1.82) is 0 Å². The summed E-state index contributed by atoms with van der Waals surface area (Å²) in [4.78, 5) is 24.9. The lowest BCUT2D eigenvalue weighted by Gasteiger charge is -2.12. The number of hydrogen-bond donors (Lipinski definition) is 3. The van der Waals surface area contributed by atoms with Gasteiger partial charge in [0, 0.05) is 18.9 Å². The number of carbonyl (C=O) groups excluding carboxylic acids is 2. The minimum atomic E-state index is -0.546. The van der Waals surface area contributed by atoms with Gasteiger partial charge >= 0.3 is 5.97 Å². The third-order valence-corrected chi connectivity index (χ3v) is 4.90. The van der Waals surface area contributed by atoms with E-state index in [-0.39, 0.29) is 53.6 Å². The van der Waals surface area contributed by atoms with Crippen LogP contribution in [0.2, 0.25) is 0 Å². The van der Waals surface area contributed by atoms with Gasteiger partial charge in [0.15, 0.2) is 5.78 Å². The number of benzene rings is 2. The fourth-order valence-corrected chi connectivity index (χ4v) is 3.30. The third-order valence-electron chi connectivity index (χ3n) is 4.90. The Balaban J connectivity index is 1.95. The number of carbonyl (C=O) groups is 2. The largest absolute Gasteiger partial charge is 0.508 e. The number of phenolic OH excluding ortho intramolecular Hbond substituents is 3. The fourth-order valence-electron chi connectivity index (χ4n) is 3.30. The van der Waals surface area contributed by atoms with Crippen molar-refractivity contribution in [2.45, 2.75) is 58.3 Å². The van der Waals surface area contributed by atoms with Crippen LogP contribution in [-0.4, -0.2) is 33.7 Å². The Labute approximate surface area is 177 Å². The van der Waals surface area contributed by atoms with Gasteiger partial charge in [-0.25, -0.2) is 0 Å². The summed E-state index contributed by atoms with van der Waals surface area (Å²) in [5.74, 6) is -1.15. The van der Waals surface area contributed by atoms with Gasteiger partial charge in [-0.3, -0.25) is 9.59 Å². The molecular formula is C24H30O6. The van der Waals surface area contributed by atoms with Crippen molar-refractivity contribution >= 4 is 11.8 Å². The molecule has 0 aliphatic rings. The highest BCUT2D eigenvalue weighted by molar-refractivity contribution is 6.01. The molecule has 162 valence electrons. The molecule has 30 heavy (non-hydrogen) atoms. The summed E-state index contributed by atoms with van der Waals surface area (Å²) >= 11 is 0. The van der Waals surface area contributed by atoms with Crippen molar-refractivity contribution in [3.63, 3.8) is 0 Å². The lowest BCUT2D eigenvalue weighted by atomic mass is 9.96. The fraction of sp³-hybridized carbons (Fsp3) is 0.417. The first-order chi connectivity index (χ1) is 14.4. The van der Waals surface area contributed by atoms with Crippen molar-refractivity contribution in [3.8, 4) is 17.2 Å². The molecule has 6 heteroatoms. The molecule has 0 heterocycles. The van der Waals surface area contributed by atoms with E-state index in [1.54, 1.807) is 24.3 Å². The molecule has 0 aromatic heterocycles. The zero-order valence-electron chi connectivity index (χ0n) is 17.4. The number of esters is 1. The highest BCUT2D eigenvalue weighted by atomic mass is 16.5. The van der Waals surface area contributed by atoms with Crippen LogP contribution in [0.5, 0.6) is 17.2 Å². The first kappa shape index (κ1) is 23.3. The van der Waals surface area contributed by atoms with Gasteiger partial charge in [-0.1, -0.05) is 44.7 Å². The highest BCUT2D eigenvalue weighted by Gasteiger charge is 2.20. The first-order valence-electron chi connectivity index (χ1n) is 10.4. The van der Waals surface area contributed by atoms with Crippen LogP contribution in [0.1, 0.15) is 66.9 Å². The summed E-state index contributed by atoms with van der Waals surface area (Å²) in [6.45, 7) is 2.27. The Bertz CT molecular complexity index is 842. The van der Waals surface area contributed by atoms with Crippen molar-refractivity contribution < 1.29 is 29.6 Å². The topological polar surface area (TPSA) is 104 Å². The average Bonchev–Trinajstić information content (AvgIpc) is 2.68. The molecule has 0 atom stereocenters. The Kier molecular flexibility index (Phi) is 9.19. The second-order valence-corrected chi connectivity index (χ2v) is 7.40. The molecule has 6 nitrogen and oxygen atoms in total. The van der Waals surface area contributed by atoms with Crippen molar-refractivity contribution in [3.05, 3.63) is 53.1 Å². The number of phenols is 3. The maximum absolute atomic E-state index is 12.6. The molecule has 0 radical (unpaired) electrons. The van der Waals surface area contributed by atoms with Gasteiger partial charge in [-0.05, 0) is 35.7 Å². The average molecular weight is 414 g/mol. The minimum Gasteiger partial charge on any atom is -0.508 e. The van der Waals surface area contributed by atoms with E-state index in [2.05, 4.69) is 6.92 Å². The summed E-state index contributed by atoms with van der Waals surface area (Å²) < 4.78 is 5.24. The second-order valence-electron chi connectivity index (χ2n) is 7.40. The van der Waals surface area contributed by atoms with E-state index in [1.807, 2.05) is 0 Å². The van der Waals surface area contributed by atoms with E-state index < -0.39 is 5.97 Å². The smallest absolute Gasteiger partial charge is 0.310 e. The molecule has 2 aromatic carbocycles. The lowest BCUT2D eigenvalue weighted by Crippen LogP contribution is -2.13. The molecule has 0 aliphatic carbocycles. The zero-order valence-corrected chi connectivity index (χ0v) is 17.4. The minimum absolute atomic E-state index is 0.0822. The molecule has 0 aliphatic heterocycles. The lowest BCUT2D eigenvalue weighted by molar-refractivity contribution is -0.142. The molecule has 0 unspecified atom stereocenters. The number of rotatable bonds is 12. The molecule has 2 aromatic rings. The maximum atomic E-state index is 12.6. The van der Waals surface area contributed by atoms with Crippen LogP contribution in [0.3, 0.4) is 0 Å². The summed E-state index contributed by atoms with van der Waals surface area (Å²) in [5, 5.41) is 29.3.